The predicted octanol–water partition coefficient (Wildman–Crippen LogP) is 0.0301. The normalized spacial score (nSPS) is 14.5. The molecule has 1 aliphatic rings. The molecule has 1 fully saturated rings. The van der Waals surface area contributed by atoms with Crippen LogP contribution in [0.15, 0.2) is 29.2 Å². The molecule has 1 aromatic rings. The van der Waals surface area contributed by atoms with Crippen LogP contribution in [0.3, 0.4) is 0 Å². The fraction of sp³-hybridized carbons (Fsp3) is 0.385. The van der Waals surface area contributed by atoms with E-state index >= 15 is 0 Å². The second-order valence-corrected chi connectivity index (χ2v) is 6.40. The van der Waals surface area contributed by atoms with Crippen LogP contribution >= 0.6 is 0 Å². The van der Waals surface area contributed by atoms with Crippen molar-refractivity contribution < 1.29 is 22.7 Å². The van der Waals surface area contributed by atoms with Crippen molar-refractivity contribution in [3.63, 3.8) is 0 Å². The van der Waals surface area contributed by atoms with Gasteiger partial charge in [0.1, 0.15) is 6.54 Å². The van der Waals surface area contributed by atoms with Gasteiger partial charge in [0.25, 0.3) is 5.91 Å². The molecular weight excluding hydrogens is 296 g/mol. The third kappa shape index (κ3) is 4.27. The average Bonchev–Trinajstić information content (AvgIpc) is 3.27. The quantitative estimate of drug-likeness (QED) is 0.722. The highest BCUT2D eigenvalue weighted by molar-refractivity contribution is 7.89. The van der Waals surface area contributed by atoms with Crippen LogP contribution in [0.1, 0.15) is 23.2 Å². The van der Waals surface area contributed by atoms with Gasteiger partial charge in [-0.15, -0.1) is 0 Å². The summed E-state index contributed by atoms with van der Waals surface area (Å²) in [5.74, 6) is -1.12. The Bertz CT molecular complexity index is 652. The smallest absolute Gasteiger partial charge is 0.325 e. The molecule has 8 heteroatoms. The van der Waals surface area contributed by atoms with Crippen LogP contribution in [0.4, 0.5) is 0 Å². The molecule has 0 atom stereocenters. The Hall–Kier alpha value is -1.93. The fourth-order valence-electron chi connectivity index (χ4n) is 1.62. The molecule has 0 spiro atoms. The molecule has 2 N–H and O–H groups in total. The molecular formula is C13H16N2O5S. The van der Waals surface area contributed by atoms with Crippen molar-refractivity contribution in [2.75, 3.05) is 13.7 Å². The third-order valence-corrected chi connectivity index (χ3v) is 4.44. The lowest BCUT2D eigenvalue weighted by molar-refractivity contribution is -0.139. The van der Waals surface area contributed by atoms with Crippen LogP contribution in [0, 0.1) is 0 Å². The van der Waals surface area contributed by atoms with Crippen LogP contribution in [0.25, 0.3) is 0 Å². The number of carbonyl (C=O) groups is 2. The van der Waals surface area contributed by atoms with Crippen molar-refractivity contribution in [2.24, 2.45) is 0 Å². The van der Waals surface area contributed by atoms with Crippen LogP contribution in [0.2, 0.25) is 0 Å². The van der Waals surface area contributed by atoms with Gasteiger partial charge in [-0.25, -0.2) is 13.1 Å². The molecule has 1 amide bonds. The largest absolute Gasteiger partial charge is 0.468 e. The zero-order valence-corrected chi connectivity index (χ0v) is 12.3. The first-order valence-electron chi connectivity index (χ1n) is 6.40. The Morgan fingerprint density at radius 2 is 2.05 bits per heavy atom. The van der Waals surface area contributed by atoms with E-state index in [0.29, 0.717) is 0 Å². The molecule has 1 saturated carbocycles. The molecule has 0 aromatic heterocycles. The number of sulfonamides is 1. The van der Waals surface area contributed by atoms with Crippen LogP contribution in [-0.2, 0) is 19.6 Å². The molecule has 21 heavy (non-hydrogen) atoms. The number of hydrogen-bond acceptors (Lipinski definition) is 5. The van der Waals surface area contributed by atoms with Gasteiger partial charge in [0.15, 0.2) is 0 Å². The summed E-state index contributed by atoms with van der Waals surface area (Å²) in [4.78, 5) is 22.8. The molecule has 1 aliphatic carbocycles. The van der Waals surface area contributed by atoms with Crippen LogP contribution in [0.5, 0.6) is 0 Å². The minimum absolute atomic E-state index is 0.00759. The fourth-order valence-corrected chi connectivity index (χ4v) is 2.97. The molecule has 0 aliphatic heterocycles. The number of amides is 1. The predicted molar refractivity (Wildman–Crippen MR) is 74.1 cm³/mol. The molecule has 2 rings (SSSR count). The number of hydrogen-bond donors (Lipinski definition) is 2. The monoisotopic (exact) mass is 312 g/mol. The lowest BCUT2D eigenvalue weighted by Crippen LogP contribution is -2.30. The highest BCUT2D eigenvalue weighted by Crippen LogP contribution is 2.22. The van der Waals surface area contributed by atoms with Crippen molar-refractivity contribution >= 4 is 21.9 Å². The third-order valence-electron chi connectivity index (χ3n) is 2.93. The molecule has 0 unspecified atom stereocenters. The molecule has 0 heterocycles. The van der Waals surface area contributed by atoms with Gasteiger partial charge in [0.05, 0.1) is 12.0 Å². The number of methoxy groups -OCH3 is 1. The number of esters is 1. The standard InChI is InChI=1S/C13H16N2O5S/c1-20-12(16)8-14-13(17)9-3-2-4-11(7-9)21(18,19)15-10-5-6-10/h2-4,7,10,15H,5-6,8H2,1H3,(H,14,17). The number of ether oxygens (including phenoxy) is 1. The summed E-state index contributed by atoms with van der Waals surface area (Å²) in [5, 5.41) is 2.35. The number of carbonyl (C=O) groups excluding carboxylic acids is 2. The van der Waals surface area contributed by atoms with Gasteiger partial charge in [0.2, 0.25) is 10.0 Å². The summed E-state index contributed by atoms with van der Waals surface area (Å²) < 4.78 is 31.0. The molecule has 0 radical (unpaired) electrons. The zero-order valence-electron chi connectivity index (χ0n) is 11.5. The maximum absolute atomic E-state index is 12.1. The van der Waals surface area contributed by atoms with Crippen molar-refractivity contribution in [1.29, 1.82) is 0 Å². The van der Waals surface area contributed by atoms with E-state index in [9.17, 15) is 18.0 Å². The Morgan fingerprint density at radius 1 is 1.33 bits per heavy atom. The first kappa shape index (κ1) is 15.5. The van der Waals surface area contributed by atoms with E-state index < -0.39 is 21.9 Å². The Balaban J connectivity index is 2.09. The van der Waals surface area contributed by atoms with Gasteiger partial charge in [-0.3, -0.25) is 9.59 Å². The summed E-state index contributed by atoms with van der Waals surface area (Å²) >= 11 is 0. The highest BCUT2D eigenvalue weighted by Gasteiger charge is 2.28. The SMILES string of the molecule is COC(=O)CNC(=O)c1cccc(S(=O)(=O)NC2CC2)c1. The summed E-state index contributed by atoms with van der Waals surface area (Å²) in [7, 11) is -2.40. The number of rotatable bonds is 6. The minimum atomic E-state index is -3.61. The minimum Gasteiger partial charge on any atom is -0.468 e. The van der Waals surface area contributed by atoms with Crippen molar-refractivity contribution in [2.45, 2.75) is 23.8 Å². The van der Waals surface area contributed by atoms with Crippen LogP contribution in [-0.4, -0.2) is 40.0 Å². The Kier molecular flexibility index (Phi) is 4.59. The van der Waals surface area contributed by atoms with Crippen LogP contribution < -0.4 is 10.0 Å². The summed E-state index contributed by atoms with van der Waals surface area (Å²) in [6.45, 7) is -0.271. The van der Waals surface area contributed by atoms with Gasteiger partial charge in [0, 0.05) is 11.6 Å². The Morgan fingerprint density at radius 3 is 2.67 bits per heavy atom. The molecule has 1 aromatic carbocycles. The van der Waals surface area contributed by atoms with E-state index in [-0.39, 0.29) is 23.0 Å². The van der Waals surface area contributed by atoms with E-state index in [2.05, 4.69) is 14.8 Å². The highest BCUT2D eigenvalue weighted by atomic mass is 32.2. The maximum Gasteiger partial charge on any atom is 0.325 e. The summed E-state index contributed by atoms with van der Waals surface area (Å²) in [6.07, 6.45) is 1.66. The van der Waals surface area contributed by atoms with E-state index in [1.54, 1.807) is 0 Å². The second kappa shape index (κ2) is 6.23. The zero-order chi connectivity index (χ0) is 15.5. The molecule has 7 nitrogen and oxygen atoms in total. The van der Waals surface area contributed by atoms with Gasteiger partial charge >= 0.3 is 5.97 Å². The number of nitrogens with one attached hydrogen (secondary N) is 2. The molecule has 0 bridgehead atoms. The van der Waals surface area contributed by atoms with Crippen molar-refractivity contribution in [3.8, 4) is 0 Å². The van der Waals surface area contributed by atoms with Crippen molar-refractivity contribution in [1.82, 2.24) is 10.0 Å². The second-order valence-electron chi connectivity index (χ2n) is 4.68. The lowest BCUT2D eigenvalue weighted by Gasteiger charge is -2.08. The number of benzene rings is 1. The van der Waals surface area contributed by atoms with E-state index in [0.717, 1.165) is 12.8 Å². The van der Waals surface area contributed by atoms with Gasteiger partial charge < -0.3 is 10.1 Å². The maximum atomic E-state index is 12.1. The first-order chi connectivity index (χ1) is 9.92. The summed E-state index contributed by atoms with van der Waals surface area (Å²) in [5.41, 5.74) is 0.164. The molecule has 114 valence electrons. The molecule has 0 saturated heterocycles. The topological polar surface area (TPSA) is 102 Å². The van der Waals surface area contributed by atoms with Gasteiger partial charge in [-0.2, -0.15) is 0 Å². The Labute approximate surface area is 122 Å². The van der Waals surface area contributed by atoms with E-state index in [1.807, 2.05) is 0 Å². The first-order valence-corrected chi connectivity index (χ1v) is 7.88. The summed E-state index contributed by atoms with van der Waals surface area (Å²) in [6, 6.07) is 5.64. The lowest BCUT2D eigenvalue weighted by atomic mass is 10.2. The van der Waals surface area contributed by atoms with Crippen molar-refractivity contribution in [3.05, 3.63) is 29.8 Å². The van der Waals surface area contributed by atoms with E-state index in [4.69, 9.17) is 0 Å². The van der Waals surface area contributed by atoms with E-state index in [1.165, 1.54) is 31.4 Å². The van der Waals surface area contributed by atoms with Gasteiger partial charge in [-0.05, 0) is 31.0 Å². The van der Waals surface area contributed by atoms with Gasteiger partial charge in [-0.1, -0.05) is 6.07 Å². The average molecular weight is 312 g/mol.